The number of nitrogens with zero attached hydrogens (tertiary/aromatic N) is 1. The van der Waals surface area contributed by atoms with Gasteiger partial charge in [-0.05, 0) is 25.1 Å². The number of alkyl halides is 3. The Bertz CT molecular complexity index is 531. The van der Waals surface area contributed by atoms with Gasteiger partial charge >= 0.3 is 6.18 Å². The molecule has 0 amide bonds. The number of benzene rings is 1. The van der Waals surface area contributed by atoms with E-state index < -0.39 is 11.7 Å². The largest absolute Gasteiger partial charge is 0.416 e. The maximum Gasteiger partial charge on any atom is 0.416 e. The van der Waals surface area contributed by atoms with Crippen LogP contribution in [0.5, 0.6) is 0 Å². The summed E-state index contributed by atoms with van der Waals surface area (Å²) in [4.78, 5) is 0. The van der Waals surface area contributed by atoms with Crippen LogP contribution in [0.1, 0.15) is 18.2 Å². The average Bonchev–Trinajstić information content (AvgIpc) is 2.59. The van der Waals surface area contributed by atoms with Gasteiger partial charge in [0.2, 0.25) is 0 Å². The first-order valence-electron chi connectivity index (χ1n) is 5.09. The van der Waals surface area contributed by atoms with E-state index in [9.17, 15) is 13.2 Å². The number of hydrogen-bond acceptors (Lipinski definition) is 3. The first kappa shape index (κ1) is 11.9. The Morgan fingerprint density at radius 2 is 2.12 bits per heavy atom. The highest BCUT2D eigenvalue weighted by Crippen LogP contribution is 2.32. The molecule has 17 heavy (non-hydrogen) atoms. The second kappa shape index (κ2) is 4.03. The molecule has 1 heterocycles. The normalized spacial score (nSPS) is 14.2. The molecule has 1 atom stereocenters. The van der Waals surface area contributed by atoms with Gasteiger partial charge in [-0.1, -0.05) is 5.16 Å². The van der Waals surface area contributed by atoms with E-state index in [0.717, 1.165) is 12.1 Å². The number of nitrogens with two attached hydrogens (primary N) is 1. The van der Waals surface area contributed by atoms with E-state index in [1.54, 1.807) is 6.92 Å². The van der Waals surface area contributed by atoms with Gasteiger partial charge in [-0.25, -0.2) is 0 Å². The Morgan fingerprint density at radius 3 is 2.71 bits per heavy atom. The van der Waals surface area contributed by atoms with Gasteiger partial charge in [0, 0.05) is 17.8 Å². The fraction of sp³-hybridized carbons (Fsp3) is 0.364. The van der Waals surface area contributed by atoms with Crippen LogP contribution in [0.4, 0.5) is 13.2 Å². The summed E-state index contributed by atoms with van der Waals surface area (Å²) in [6.07, 6.45) is -3.92. The Hall–Kier alpha value is -1.56. The average molecular weight is 244 g/mol. The molecule has 0 saturated carbocycles. The summed E-state index contributed by atoms with van der Waals surface area (Å²) < 4.78 is 42.4. The van der Waals surface area contributed by atoms with E-state index >= 15 is 0 Å². The van der Waals surface area contributed by atoms with Crippen LogP contribution in [0, 0.1) is 0 Å². The van der Waals surface area contributed by atoms with Gasteiger partial charge in [-0.3, -0.25) is 0 Å². The summed E-state index contributed by atoms with van der Waals surface area (Å²) in [5, 5.41) is 4.19. The van der Waals surface area contributed by atoms with Crippen LogP contribution in [0.25, 0.3) is 10.9 Å². The lowest BCUT2D eigenvalue weighted by molar-refractivity contribution is -0.137. The lowest BCUT2D eigenvalue weighted by Crippen LogP contribution is -2.17. The van der Waals surface area contributed by atoms with E-state index in [0.29, 0.717) is 17.6 Å². The van der Waals surface area contributed by atoms with Crippen molar-refractivity contribution in [2.45, 2.75) is 25.6 Å². The summed E-state index contributed by atoms with van der Waals surface area (Å²) in [7, 11) is 0. The minimum Gasteiger partial charge on any atom is -0.360 e. The fourth-order valence-corrected chi connectivity index (χ4v) is 1.61. The number of halogens is 3. The highest BCUT2D eigenvalue weighted by atomic mass is 19.4. The quantitative estimate of drug-likeness (QED) is 0.883. The van der Waals surface area contributed by atoms with Crippen molar-refractivity contribution in [3.63, 3.8) is 0 Å². The summed E-state index contributed by atoms with van der Waals surface area (Å²) in [6.45, 7) is 1.79. The number of fused-ring (bicyclic) bond motifs is 1. The number of rotatable bonds is 2. The van der Waals surface area contributed by atoms with Gasteiger partial charge in [-0.2, -0.15) is 13.2 Å². The highest BCUT2D eigenvalue weighted by Gasteiger charge is 2.31. The Morgan fingerprint density at radius 1 is 1.41 bits per heavy atom. The van der Waals surface area contributed by atoms with Crippen LogP contribution in [0.3, 0.4) is 0 Å². The first-order chi connectivity index (χ1) is 7.88. The molecule has 1 aromatic carbocycles. The van der Waals surface area contributed by atoms with E-state index in [2.05, 4.69) is 5.16 Å². The van der Waals surface area contributed by atoms with Crippen molar-refractivity contribution in [3.05, 3.63) is 29.5 Å². The molecule has 0 aliphatic rings. The third-order valence-electron chi connectivity index (χ3n) is 2.39. The summed E-state index contributed by atoms with van der Waals surface area (Å²) >= 11 is 0. The zero-order valence-electron chi connectivity index (χ0n) is 9.08. The molecule has 2 N–H and O–H groups in total. The van der Waals surface area contributed by atoms with Crippen molar-refractivity contribution in [3.8, 4) is 0 Å². The summed E-state index contributed by atoms with van der Waals surface area (Å²) in [5.74, 6) is 0.517. The molecule has 2 rings (SSSR count). The van der Waals surface area contributed by atoms with Crippen LogP contribution in [0.2, 0.25) is 0 Å². The Balaban J connectivity index is 2.45. The topological polar surface area (TPSA) is 52.0 Å². The molecular weight excluding hydrogens is 233 g/mol. The molecule has 0 fully saturated rings. The van der Waals surface area contributed by atoms with Gasteiger partial charge in [0.15, 0.2) is 0 Å². The van der Waals surface area contributed by atoms with Gasteiger partial charge < -0.3 is 10.3 Å². The zero-order chi connectivity index (χ0) is 12.6. The van der Waals surface area contributed by atoms with Crippen LogP contribution in [-0.4, -0.2) is 11.2 Å². The predicted octanol–water partition coefficient (Wildman–Crippen LogP) is 2.74. The summed E-state index contributed by atoms with van der Waals surface area (Å²) in [6, 6.07) is 3.23. The van der Waals surface area contributed by atoms with Crippen LogP contribution < -0.4 is 5.73 Å². The maximum atomic E-state index is 12.5. The van der Waals surface area contributed by atoms with Crippen molar-refractivity contribution in [2.24, 2.45) is 5.73 Å². The second-order valence-corrected chi connectivity index (χ2v) is 4.02. The number of hydrogen-bond donors (Lipinski definition) is 1. The highest BCUT2D eigenvalue weighted by molar-refractivity contribution is 5.81. The first-order valence-corrected chi connectivity index (χ1v) is 5.09. The summed E-state index contributed by atoms with van der Waals surface area (Å²) in [5.41, 5.74) is 5.08. The minimum atomic E-state index is -4.37. The molecule has 0 aliphatic heterocycles. The Kier molecular flexibility index (Phi) is 2.82. The molecule has 6 heteroatoms. The lowest BCUT2D eigenvalue weighted by atomic mass is 10.1. The van der Waals surface area contributed by atoms with E-state index in [-0.39, 0.29) is 11.6 Å². The molecule has 0 spiro atoms. The molecule has 1 unspecified atom stereocenters. The molecule has 0 radical (unpaired) electrons. The monoisotopic (exact) mass is 244 g/mol. The SMILES string of the molecule is CC(N)Cc1onc2cc(C(F)(F)F)ccc12. The molecule has 1 aromatic heterocycles. The number of aromatic nitrogens is 1. The molecular formula is C11H11F3N2O. The molecule has 0 aliphatic carbocycles. The van der Waals surface area contributed by atoms with Crippen molar-refractivity contribution in [2.75, 3.05) is 0 Å². The predicted molar refractivity (Wildman–Crippen MR) is 56.4 cm³/mol. The van der Waals surface area contributed by atoms with Gasteiger partial charge in [0.1, 0.15) is 11.3 Å². The van der Waals surface area contributed by atoms with E-state index in [1.807, 2.05) is 0 Å². The second-order valence-electron chi connectivity index (χ2n) is 4.02. The molecule has 0 saturated heterocycles. The van der Waals surface area contributed by atoms with E-state index in [1.165, 1.54) is 6.07 Å². The zero-order valence-corrected chi connectivity index (χ0v) is 9.08. The maximum absolute atomic E-state index is 12.5. The van der Waals surface area contributed by atoms with Crippen molar-refractivity contribution in [1.82, 2.24) is 5.16 Å². The molecule has 92 valence electrons. The van der Waals surface area contributed by atoms with E-state index in [4.69, 9.17) is 10.3 Å². The van der Waals surface area contributed by atoms with Crippen molar-refractivity contribution < 1.29 is 17.7 Å². The minimum absolute atomic E-state index is 0.131. The molecule has 0 bridgehead atoms. The Labute approximate surface area is 95.4 Å². The standard InChI is InChI=1S/C11H11F3N2O/c1-6(15)4-10-8-3-2-7(11(12,13)14)5-9(8)16-17-10/h2-3,5-6H,4,15H2,1H3. The van der Waals surface area contributed by atoms with Crippen LogP contribution >= 0.6 is 0 Å². The smallest absolute Gasteiger partial charge is 0.360 e. The van der Waals surface area contributed by atoms with Gasteiger partial charge in [0.25, 0.3) is 0 Å². The van der Waals surface area contributed by atoms with Crippen LogP contribution in [0.15, 0.2) is 22.7 Å². The van der Waals surface area contributed by atoms with Crippen molar-refractivity contribution in [1.29, 1.82) is 0 Å². The van der Waals surface area contributed by atoms with Crippen LogP contribution in [-0.2, 0) is 12.6 Å². The molecule has 2 aromatic rings. The van der Waals surface area contributed by atoms with Gasteiger partial charge in [-0.15, -0.1) is 0 Å². The van der Waals surface area contributed by atoms with Crippen molar-refractivity contribution >= 4 is 10.9 Å². The molecule has 3 nitrogen and oxygen atoms in total. The fourth-order valence-electron chi connectivity index (χ4n) is 1.61. The third kappa shape index (κ3) is 2.41. The third-order valence-corrected chi connectivity index (χ3v) is 2.39. The lowest BCUT2D eigenvalue weighted by Gasteiger charge is -2.05. The van der Waals surface area contributed by atoms with Gasteiger partial charge in [0.05, 0.1) is 5.56 Å².